The minimum absolute atomic E-state index is 0.000808. The van der Waals surface area contributed by atoms with Gasteiger partial charge < -0.3 is 9.32 Å². The molecule has 1 heterocycles. The molecule has 10 aromatic rings. The Morgan fingerprint density at radius 1 is 0.355 bits per heavy atom. The fourth-order valence-corrected chi connectivity index (χ4v) is 8.94. The highest BCUT2D eigenvalue weighted by Crippen LogP contribution is 2.46. The van der Waals surface area contributed by atoms with Gasteiger partial charge in [-0.2, -0.15) is 0 Å². The lowest BCUT2D eigenvalue weighted by Crippen LogP contribution is -2.16. The lowest BCUT2D eigenvalue weighted by atomic mass is 9.78. The maximum Gasteiger partial charge on any atom is 0.135 e. The van der Waals surface area contributed by atoms with Gasteiger partial charge in [-0.1, -0.05) is 193 Å². The minimum atomic E-state index is -0.000808. The van der Waals surface area contributed by atoms with Gasteiger partial charge in [0.25, 0.3) is 0 Å². The first-order valence-electron chi connectivity index (χ1n) is 21.7. The molecule has 0 bridgehead atoms. The Morgan fingerprint density at radius 2 is 0.919 bits per heavy atom. The van der Waals surface area contributed by atoms with Crippen LogP contribution in [-0.4, -0.2) is 0 Å². The Bertz CT molecular complexity index is 3210. The van der Waals surface area contributed by atoms with E-state index in [1.807, 2.05) is 12.1 Å². The van der Waals surface area contributed by atoms with E-state index in [0.717, 1.165) is 55.7 Å². The maximum absolute atomic E-state index is 6.22. The smallest absolute Gasteiger partial charge is 0.135 e. The number of anilines is 3. The second kappa shape index (κ2) is 15.4. The molecule has 302 valence electrons. The van der Waals surface area contributed by atoms with E-state index in [1.165, 1.54) is 49.7 Å². The Labute approximate surface area is 365 Å². The second-order valence-corrected chi connectivity index (χ2v) is 18.6. The molecule has 0 spiro atoms. The van der Waals surface area contributed by atoms with Crippen molar-refractivity contribution >= 4 is 49.8 Å². The minimum Gasteiger partial charge on any atom is -0.456 e. The van der Waals surface area contributed by atoms with Gasteiger partial charge in [-0.25, -0.2) is 0 Å². The fraction of sp³-hybridized carbons (Fsp3) is 0.133. The van der Waals surface area contributed by atoms with E-state index < -0.39 is 0 Å². The third kappa shape index (κ3) is 7.26. The van der Waals surface area contributed by atoms with Crippen LogP contribution in [0, 0.1) is 0 Å². The van der Waals surface area contributed by atoms with Gasteiger partial charge in [-0.15, -0.1) is 0 Å². The number of benzene rings is 9. The first kappa shape index (κ1) is 39.0. The molecular weight excluding hydrogens is 751 g/mol. The molecule has 0 aliphatic rings. The summed E-state index contributed by atoms with van der Waals surface area (Å²) in [6.07, 6.45) is 0. The Morgan fingerprint density at radius 3 is 1.66 bits per heavy atom. The zero-order chi connectivity index (χ0) is 42.6. The lowest BCUT2D eigenvalue weighted by Gasteiger charge is -2.29. The van der Waals surface area contributed by atoms with Crippen molar-refractivity contribution in [3.05, 3.63) is 211 Å². The largest absolute Gasteiger partial charge is 0.456 e. The Kier molecular flexibility index (Phi) is 9.68. The van der Waals surface area contributed by atoms with Crippen LogP contribution in [0.3, 0.4) is 0 Å². The molecule has 9 aromatic carbocycles. The molecule has 0 saturated carbocycles. The summed E-state index contributed by atoms with van der Waals surface area (Å²) >= 11 is 0. The van der Waals surface area contributed by atoms with Gasteiger partial charge in [-0.3, -0.25) is 0 Å². The van der Waals surface area contributed by atoms with Crippen molar-refractivity contribution in [2.75, 3.05) is 4.90 Å². The van der Waals surface area contributed by atoms with Gasteiger partial charge in [0, 0.05) is 27.7 Å². The van der Waals surface area contributed by atoms with Gasteiger partial charge in [0.15, 0.2) is 0 Å². The van der Waals surface area contributed by atoms with E-state index in [0.29, 0.717) is 0 Å². The fourth-order valence-electron chi connectivity index (χ4n) is 8.94. The Balaban J connectivity index is 1.17. The molecule has 1 aromatic heterocycles. The van der Waals surface area contributed by atoms with Gasteiger partial charge in [-0.05, 0) is 120 Å². The van der Waals surface area contributed by atoms with E-state index in [-0.39, 0.29) is 10.8 Å². The summed E-state index contributed by atoms with van der Waals surface area (Å²) in [7, 11) is 0. The van der Waals surface area contributed by atoms with E-state index in [1.54, 1.807) is 0 Å². The molecule has 0 fully saturated rings. The normalized spacial score (nSPS) is 12.0. The van der Waals surface area contributed by atoms with E-state index >= 15 is 0 Å². The van der Waals surface area contributed by atoms with Crippen molar-refractivity contribution in [1.82, 2.24) is 0 Å². The van der Waals surface area contributed by atoms with E-state index in [4.69, 9.17) is 4.42 Å². The van der Waals surface area contributed by atoms with Crippen molar-refractivity contribution in [3.63, 3.8) is 0 Å². The van der Waals surface area contributed by atoms with Crippen LogP contribution in [0.4, 0.5) is 17.1 Å². The SMILES string of the molecule is CC(C)(C)c1cc(-c2cccc3cccc(-c4ccccc4N(c4ccc(-c5ccccc5)cc4)c4cccc(-c5ccc6oc7ccccc7c6c5)c4)c23)cc(C(C)(C)C)c1. The molecular formula is C60H51NO. The average molecular weight is 802 g/mol. The molecule has 0 saturated heterocycles. The predicted molar refractivity (Wildman–Crippen MR) is 265 cm³/mol. The molecule has 0 amide bonds. The first-order chi connectivity index (χ1) is 30.0. The molecule has 2 heteroatoms. The van der Waals surface area contributed by atoms with Gasteiger partial charge in [0.05, 0.1) is 5.69 Å². The van der Waals surface area contributed by atoms with Crippen molar-refractivity contribution < 1.29 is 4.42 Å². The molecule has 0 aliphatic carbocycles. The van der Waals surface area contributed by atoms with Crippen molar-refractivity contribution in [1.29, 1.82) is 0 Å². The van der Waals surface area contributed by atoms with Crippen LogP contribution in [0.1, 0.15) is 52.7 Å². The van der Waals surface area contributed by atoms with Gasteiger partial charge >= 0.3 is 0 Å². The molecule has 62 heavy (non-hydrogen) atoms. The summed E-state index contributed by atoms with van der Waals surface area (Å²) < 4.78 is 6.22. The third-order valence-corrected chi connectivity index (χ3v) is 12.4. The summed E-state index contributed by atoms with van der Waals surface area (Å²) in [5.74, 6) is 0. The monoisotopic (exact) mass is 801 g/mol. The van der Waals surface area contributed by atoms with Gasteiger partial charge in [0.2, 0.25) is 0 Å². The standard InChI is InChI=1S/C60H51NO/c1-59(2,3)46-35-45(36-47(39-46)60(4,5)6)50-25-15-19-42-20-16-26-53(58(42)50)51-23-10-12-27-55(51)61(48-32-29-41(30-33-48)40-17-8-7-9-18-40)49-22-14-21-43(37-49)44-31-34-57-54(38-44)52-24-11-13-28-56(52)62-57/h7-39H,1-6H3. The molecule has 2 nitrogen and oxygen atoms in total. The van der Waals surface area contributed by atoms with Crippen molar-refractivity contribution in [2.45, 2.75) is 52.4 Å². The first-order valence-corrected chi connectivity index (χ1v) is 21.7. The van der Waals surface area contributed by atoms with Crippen LogP contribution in [0.25, 0.3) is 77.2 Å². The van der Waals surface area contributed by atoms with Crippen LogP contribution in [0.2, 0.25) is 0 Å². The van der Waals surface area contributed by atoms with Crippen LogP contribution in [0.15, 0.2) is 205 Å². The number of hydrogen-bond acceptors (Lipinski definition) is 2. The molecule has 0 aliphatic heterocycles. The van der Waals surface area contributed by atoms with E-state index in [2.05, 4.69) is 234 Å². The number of fused-ring (bicyclic) bond motifs is 4. The zero-order valence-electron chi connectivity index (χ0n) is 36.4. The zero-order valence-corrected chi connectivity index (χ0v) is 36.4. The topological polar surface area (TPSA) is 16.4 Å². The Hall–Kier alpha value is -7.16. The molecule has 0 N–H and O–H groups in total. The predicted octanol–water partition coefficient (Wildman–Crippen LogP) is 17.5. The average Bonchev–Trinajstić information content (AvgIpc) is 3.67. The molecule has 0 unspecified atom stereocenters. The lowest BCUT2D eigenvalue weighted by molar-refractivity contribution is 0.569. The van der Waals surface area contributed by atoms with Crippen LogP contribution in [-0.2, 0) is 10.8 Å². The molecule has 0 radical (unpaired) electrons. The van der Waals surface area contributed by atoms with Gasteiger partial charge in [0.1, 0.15) is 11.2 Å². The summed E-state index contributed by atoms with van der Waals surface area (Å²) in [6, 6.07) is 73.1. The highest BCUT2D eigenvalue weighted by molar-refractivity contribution is 6.09. The number of rotatable bonds is 7. The molecule has 0 atom stereocenters. The number of furan rings is 1. The molecule has 10 rings (SSSR count). The highest BCUT2D eigenvalue weighted by Gasteiger charge is 2.24. The number of nitrogens with zero attached hydrogens (tertiary/aromatic N) is 1. The van der Waals surface area contributed by atoms with Crippen molar-refractivity contribution in [3.8, 4) is 44.5 Å². The maximum atomic E-state index is 6.22. The van der Waals surface area contributed by atoms with E-state index in [9.17, 15) is 0 Å². The summed E-state index contributed by atoms with van der Waals surface area (Å²) in [6.45, 7) is 13.9. The highest BCUT2D eigenvalue weighted by atomic mass is 16.3. The third-order valence-electron chi connectivity index (χ3n) is 12.4. The van der Waals surface area contributed by atoms with Crippen LogP contribution < -0.4 is 4.90 Å². The summed E-state index contributed by atoms with van der Waals surface area (Å²) in [5.41, 5.74) is 17.3. The number of para-hydroxylation sites is 2. The van der Waals surface area contributed by atoms with Crippen molar-refractivity contribution in [2.24, 2.45) is 0 Å². The summed E-state index contributed by atoms with van der Waals surface area (Å²) in [4.78, 5) is 2.43. The van der Waals surface area contributed by atoms with Crippen LogP contribution >= 0.6 is 0 Å². The number of hydrogen-bond donors (Lipinski definition) is 0. The quantitative estimate of drug-likeness (QED) is 0.160. The summed E-state index contributed by atoms with van der Waals surface area (Å²) in [5, 5.41) is 4.72. The second-order valence-electron chi connectivity index (χ2n) is 18.6. The van der Waals surface area contributed by atoms with Crippen LogP contribution in [0.5, 0.6) is 0 Å².